The lowest BCUT2D eigenvalue weighted by Gasteiger charge is -2.10. The number of hydrogen-bond acceptors (Lipinski definition) is 6. The number of benzene rings is 1. The van der Waals surface area contributed by atoms with Gasteiger partial charge in [0.05, 0.1) is 16.6 Å². The third-order valence-corrected chi connectivity index (χ3v) is 3.57. The molecule has 1 heterocycles. The van der Waals surface area contributed by atoms with Crippen molar-refractivity contribution in [3.8, 4) is 0 Å². The molecule has 2 aromatic rings. The van der Waals surface area contributed by atoms with Crippen molar-refractivity contribution in [2.75, 3.05) is 0 Å². The van der Waals surface area contributed by atoms with Gasteiger partial charge >= 0.3 is 5.00 Å². The molecule has 0 saturated carbocycles. The van der Waals surface area contributed by atoms with Crippen LogP contribution in [-0.4, -0.2) is 16.8 Å². The maximum absolute atomic E-state index is 11.9. The van der Waals surface area contributed by atoms with E-state index in [2.05, 4.69) is 5.32 Å². The van der Waals surface area contributed by atoms with Gasteiger partial charge in [0.1, 0.15) is 0 Å². The number of amides is 1. The van der Waals surface area contributed by atoms with Crippen LogP contribution < -0.4 is 10.4 Å². The standard InChI is InChI=1S/C14H10N2O5S/c17-13(9-4-2-1-3-5-9)15-11(14(18)19)8-10-6-7-12(22-10)16(20)21/h1-8H,(H,15,17)(H,18,19)/p-1/b11-8+. The molecule has 0 atom stereocenters. The van der Waals surface area contributed by atoms with E-state index in [4.69, 9.17) is 0 Å². The Morgan fingerprint density at radius 3 is 2.36 bits per heavy atom. The topological polar surface area (TPSA) is 112 Å². The molecule has 0 radical (unpaired) electrons. The molecule has 1 amide bonds. The molecular formula is C14H9N2O5S-. The first-order valence-corrected chi connectivity index (χ1v) is 6.82. The fraction of sp³-hybridized carbons (Fsp3) is 0. The van der Waals surface area contributed by atoms with Crippen molar-refractivity contribution in [3.63, 3.8) is 0 Å². The second-order valence-electron chi connectivity index (χ2n) is 4.10. The van der Waals surface area contributed by atoms with Crippen molar-refractivity contribution in [3.05, 3.63) is 68.7 Å². The highest BCUT2D eigenvalue weighted by Gasteiger charge is 2.11. The number of nitrogens with zero attached hydrogens (tertiary/aromatic N) is 1. The van der Waals surface area contributed by atoms with Gasteiger partial charge in [-0.05, 0) is 24.3 Å². The van der Waals surface area contributed by atoms with Gasteiger partial charge in [0.25, 0.3) is 5.91 Å². The summed E-state index contributed by atoms with van der Waals surface area (Å²) in [6.45, 7) is 0. The average Bonchev–Trinajstić information content (AvgIpc) is 2.96. The maximum atomic E-state index is 11.9. The summed E-state index contributed by atoms with van der Waals surface area (Å²) in [5, 5.41) is 23.8. The Morgan fingerprint density at radius 2 is 1.82 bits per heavy atom. The van der Waals surface area contributed by atoms with E-state index >= 15 is 0 Å². The zero-order valence-corrected chi connectivity index (χ0v) is 11.8. The van der Waals surface area contributed by atoms with Crippen molar-refractivity contribution in [1.29, 1.82) is 0 Å². The highest BCUT2D eigenvalue weighted by atomic mass is 32.1. The largest absolute Gasteiger partial charge is 0.543 e. The number of carbonyl (C=O) groups is 2. The summed E-state index contributed by atoms with van der Waals surface area (Å²) in [7, 11) is 0. The number of nitro groups is 1. The minimum atomic E-state index is -1.58. The molecule has 0 aliphatic carbocycles. The Balaban J connectivity index is 2.22. The number of carbonyl (C=O) groups excluding carboxylic acids is 2. The monoisotopic (exact) mass is 317 g/mol. The lowest BCUT2D eigenvalue weighted by molar-refractivity contribution is -0.380. The quantitative estimate of drug-likeness (QED) is 0.505. The predicted molar refractivity (Wildman–Crippen MR) is 77.9 cm³/mol. The fourth-order valence-corrected chi connectivity index (χ4v) is 2.36. The van der Waals surface area contributed by atoms with Crippen LogP contribution in [0.3, 0.4) is 0 Å². The number of nitrogens with one attached hydrogen (secondary N) is 1. The van der Waals surface area contributed by atoms with Gasteiger partial charge in [-0.1, -0.05) is 29.5 Å². The lowest BCUT2D eigenvalue weighted by Crippen LogP contribution is -2.35. The van der Waals surface area contributed by atoms with E-state index in [0.717, 1.165) is 17.4 Å². The summed E-state index contributed by atoms with van der Waals surface area (Å²) in [5.74, 6) is -2.19. The second-order valence-corrected chi connectivity index (χ2v) is 5.19. The summed E-state index contributed by atoms with van der Waals surface area (Å²) < 4.78 is 0. The van der Waals surface area contributed by atoms with Crippen LogP contribution in [0.2, 0.25) is 0 Å². The second kappa shape index (κ2) is 6.64. The molecule has 0 fully saturated rings. The van der Waals surface area contributed by atoms with Gasteiger partial charge in [0.15, 0.2) is 0 Å². The molecule has 0 aliphatic rings. The number of thiophene rings is 1. The highest BCUT2D eigenvalue weighted by Crippen LogP contribution is 2.25. The predicted octanol–water partition coefficient (Wildman–Crippen LogP) is 1.18. The Morgan fingerprint density at radius 1 is 1.14 bits per heavy atom. The molecule has 0 unspecified atom stereocenters. The maximum Gasteiger partial charge on any atom is 0.324 e. The number of hydrogen-bond donors (Lipinski definition) is 1. The van der Waals surface area contributed by atoms with Gasteiger partial charge in [-0.2, -0.15) is 0 Å². The summed E-state index contributed by atoms with van der Waals surface area (Å²) in [6, 6.07) is 10.7. The third-order valence-electron chi connectivity index (χ3n) is 2.58. The minimum Gasteiger partial charge on any atom is -0.543 e. The van der Waals surface area contributed by atoms with Crippen LogP contribution in [0.25, 0.3) is 6.08 Å². The van der Waals surface area contributed by atoms with E-state index in [1.165, 1.54) is 24.3 Å². The van der Waals surface area contributed by atoms with Crippen molar-refractivity contribution in [2.24, 2.45) is 0 Å². The molecule has 8 heteroatoms. The van der Waals surface area contributed by atoms with Gasteiger partial charge in [0.2, 0.25) is 0 Å². The third kappa shape index (κ3) is 3.76. The zero-order chi connectivity index (χ0) is 16.1. The first kappa shape index (κ1) is 15.4. The number of carboxylic acid groups (broad SMARTS) is 1. The Bertz CT molecular complexity index is 752. The Kier molecular flexibility index (Phi) is 4.64. The first-order valence-electron chi connectivity index (χ1n) is 6.01. The molecule has 7 nitrogen and oxygen atoms in total. The fourth-order valence-electron chi connectivity index (χ4n) is 1.59. The van der Waals surface area contributed by atoms with Crippen molar-refractivity contribution >= 4 is 34.3 Å². The van der Waals surface area contributed by atoms with E-state index in [1.54, 1.807) is 18.2 Å². The van der Waals surface area contributed by atoms with E-state index in [1.807, 2.05) is 0 Å². The number of rotatable bonds is 5. The molecule has 0 bridgehead atoms. The van der Waals surface area contributed by atoms with Gasteiger partial charge < -0.3 is 15.2 Å². The first-order chi connectivity index (χ1) is 10.5. The normalized spacial score (nSPS) is 11.0. The van der Waals surface area contributed by atoms with Crippen LogP contribution in [0, 0.1) is 10.1 Å². The summed E-state index contributed by atoms with van der Waals surface area (Å²) in [5.41, 5.74) is -0.183. The van der Waals surface area contributed by atoms with Gasteiger partial charge in [-0.15, -0.1) is 0 Å². The smallest absolute Gasteiger partial charge is 0.324 e. The molecule has 2 rings (SSSR count). The average molecular weight is 317 g/mol. The Hall–Kier alpha value is -3.00. The van der Waals surface area contributed by atoms with Crippen molar-refractivity contribution < 1.29 is 19.6 Å². The SMILES string of the molecule is O=C([O-])/C(=C\c1ccc([N+](=O)[O-])s1)NC(=O)c1ccccc1. The van der Waals surface area contributed by atoms with Crippen LogP contribution in [-0.2, 0) is 4.79 Å². The molecule has 0 aliphatic heterocycles. The molecule has 22 heavy (non-hydrogen) atoms. The lowest BCUT2D eigenvalue weighted by atomic mass is 10.2. The number of aliphatic carboxylic acids is 1. The molecule has 1 aromatic carbocycles. The van der Waals surface area contributed by atoms with Crippen LogP contribution in [0.4, 0.5) is 5.00 Å². The van der Waals surface area contributed by atoms with Gasteiger partial charge in [-0.25, -0.2) is 0 Å². The molecule has 1 aromatic heterocycles. The van der Waals surface area contributed by atoms with Crippen LogP contribution in [0.15, 0.2) is 48.2 Å². The van der Waals surface area contributed by atoms with Crippen molar-refractivity contribution in [2.45, 2.75) is 0 Å². The van der Waals surface area contributed by atoms with Crippen molar-refractivity contribution in [1.82, 2.24) is 5.32 Å². The van der Waals surface area contributed by atoms with Crippen LogP contribution in [0.5, 0.6) is 0 Å². The molecule has 0 saturated heterocycles. The zero-order valence-electron chi connectivity index (χ0n) is 11.0. The minimum absolute atomic E-state index is 0.127. The van der Waals surface area contributed by atoms with Gasteiger partial charge in [-0.3, -0.25) is 14.9 Å². The molecule has 112 valence electrons. The molecule has 1 N–H and O–H groups in total. The highest BCUT2D eigenvalue weighted by molar-refractivity contribution is 7.16. The van der Waals surface area contributed by atoms with E-state index in [0.29, 0.717) is 4.88 Å². The Labute approximate surface area is 128 Å². The summed E-state index contributed by atoms with van der Waals surface area (Å²) in [6.07, 6.45) is 1.12. The summed E-state index contributed by atoms with van der Waals surface area (Å²) in [4.78, 5) is 33.3. The van der Waals surface area contributed by atoms with Crippen LogP contribution in [0.1, 0.15) is 15.2 Å². The summed E-state index contributed by atoms with van der Waals surface area (Å²) >= 11 is 0.792. The van der Waals surface area contributed by atoms with E-state index in [-0.39, 0.29) is 10.6 Å². The van der Waals surface area contributed by atoms with E-state index in [9.17, 15) is 24.8 Å². The molecular weight excluding hydrogens is 308 g/mol. The molecule has 0 spiro atoms. The van der Waals surface area contributed by atoms with Gasteiger partial charge in [0, 0.05) is 16.5 Å². The number of carboxylic acids is 1. The van der Waals surface area contributed by atoms with E-state index < -0.39 is 22.5 Å². The van der Waals surface area contributed by atoms with Crippen LogP contribution >= 0.6 is 11.3 Å².